The first-order chi connectivity index (χ1) is 19.5. The lowest BCUT2D eigenvalue weighted by Gasteiger charge is -2.15. The summed E-state index contributed by atoms with van der Waals surface area (Å²) in [5.74, 6) is -0.594. The SMILES string of the molecule is Cc1cscc1-c1cc(OCCCCCCc2cccc(OCCCC(=O)O)c2CCC(=O)O)cc(S(C)(=O)=O)c1. The summed E-state index contributed by atoms with van der Waals surface area (Å²) in [6, 6.07) is 10.8. The molecular formula is C31H38O8S2. The van der Waals surface area contributed by atoms with E-state index >= 15 is 0 Å². The number of aryl methyl sites for hydroxylation is 2. The molecule has 1 heterocycles. The first-order valence-electron chi connectivity index (χ1n) is 13.7. The Morgan fingerprint density at radius 1 is 0.854 bits per heavy atom. The van der Waals surface area contributed by atoms with Crippen molar-refractivity contribution in [1.29, 1.82) is 0 Å². The number of benzene rings is 2. The summed E-state index contributed by atoms with van der Waals surface area (Å²) in [4.78, 5) is 22.2. The van der Waals surface area contributed by atoms with Crippen LogP contribution >= 0.6 is 11.3 Å². The zero-order chi connectivity index (χ0) is 29.8. The highest BCUT2D eigenvalue weighted by Crippen LogP contribution is 2.32. The van der Waals surface area contributed by atoms with Crippen molar-refractivity contribution in [2.45, 2.75) is 69.6 Å². The second-order valence-electron chi connectivity index (χ2n) is 10.1. The number of sulfone groups is 1. The second kappa shape index (κ2) is 15.6. The highest BCUT2D eigenvalue weighted by atomic mass is 32.2. The fourth-order valence-electron chi connectivity index (χ4n) is 4.54. The van der Waals surface area contributed by atoms with Gasteiger partial charge in [0, 0.05) is 19.1 Å². The molecule has 0 atom stereocenters. The molecule has 2 aromatic carbocycles. The van der Waals surface area contributed by atoms with Gasteiger partial charge in [-0.15, -0.1) is 0 Å². The number of unbranched alkanes of at least 4 members (excludes halogenated alkanes) is 3. The maximum atomic E-state index is 12.3. The van der Waals surface area contributed by atoms with Gasteiger partial charge in [0.05, 0.1) is 18.1 Å². The molecule has 10 heteroatoms. The minimum absolute atomic E-state index is 0.00589. The van der Waals surface area contributed by atoms with Crippen molar-refractivity contribution in [3.8, 4) is 22.6 Å². The van der Waals surface area contributed by atoms with Gasteiger partial charge in [0.2, 0.25) is 0 Å². The van der Waals surface area contributed by atoms with Crippen LogP contribution in [-0.2, 0) is 32.3 Å². The maximum Gasteiger partial charge on any atom is 0.303 e. The van der Waals surface area contributed by atoms with Crippen LogP contribution in [0.1, 0.15) is 61.6 Å². The van der Waals surface area contributed by atoms with Crippen LogP contribution in [0.15, 0.2) is 52.1 Å². The summed E-state index contributed by atoms with van der Waals surface area (Å²) in [7, 11) is -3.39. The van der Waals surface area contributed by atoms with Gasteiger partial charge < -0.3 is 19.7 Å². The lowest BCUT2D eigenvalue weighted by atomic mass is 9.97. The van der Waals surface area contributed by atoms with E-state index in [-0.39, 0.29) is 24.3 Å². The van der Waals surface area contributed by atoms with Crippen molar-refractivity contribution < 1.29 is 37.7 Å². The topological polar surface area (TPSA) is 127 Å². The molecule has 1 aromatic heterocycles. The predicted molar refractivity (Wildman–Crippen MR) is 160 cm³/mol. The fraction of sp³-hybridized carbons (Fsp3) is 0.419. The van der Waals surface area contributed by atoms with Crippen LogP contribution in [0.3, 0.4) is 0 Å². The number of carboxylic acid groups (broad SMARTS) is 2. The second-order valence-corrected chi connectivity index (χ2v) is 12.8. The molecule has 0 unspecified atom stereocenters. The molecular weight excluding hydrogens is 564 g/mol. The number of carbonyl (C=O) groups is 2. The minimum atomic E-state index is -3.39. The van der Waals surface area contributed by atoms with Crippen LogP contribution in [0.4, 0.5) is 0 Å². The molecule has 41 heavy (non-hydrogen) atoms. The van der Waals surface area contributed by atoms with E-state index in [0.29, 0.717) is 30.9 Å². The summed E-state index contributed by atoms with van der Waals surface area (Å²) in [5, 5.41) is 22.1. The Morgan fingerprint density at radius 2 is 1.59 bits per heavy atom. The van der Waals surface area contributed by atoms with Crippen LogP contribution < -0.4 is 9.47 Å². The molecule has 0 aliphatic heterocycles. The monoisotopic (exact) mass is 602 g/mol. The third kappa shape index (κ3) is 10.5. The Hall–Kier alpha value is -3.37. The molecule has 0 saturated heterocycles. The standard InChI is InChI=1S/C31H38O8S2/c1-22-20-40-21-28(22)24-17-25(19-26(18-24)41(2,36)37)38-15-6-4-3-5-9-23-10-7-11-29(27(23)13-14-31(34)35)39-16-8-12-30(32)33/h7,10-11,17-21H,3-6,8-9,12-16H2,1-2H3,(H,32,33)(H,34,35). The summed E-state index contributed by atoms with van der Waals surface area (Å²) in [5.41, 5.74) is 4.84. The molecule has 222 valence electrons. The van der Waals surface area contributed by atoms with Gasteiger partial charge in [0.1, 0.15) is 11.5 Å². The number of aliphatic carboxylic acids is 2. The van der Waals surface area contributed by atoms with Gasteiger partial charge in [-0.3, -0.25) is 9.59 Å². The van der Waals surface area contributed by atoms with Crippen molar-refractivity contribution >= 4 is 33.1 Å². The van der Waals surface area contributed by atoms with Crippen molar-refractivity contribution in [3.05, 3.63) is 63.8 Å². The average Bonchev–Trinajstić information content (AvgIpc) is 3.34. The Kier molecular flexibility index (Phi) is 12.2. The van der Waals surface area contributed by atoms with Gasteiger partial charge >= 0.3 is 11.9 Å². The largest absolute Gasteiger partial charge is 0.494 e. The predicted octanol–water partition coefficient (Wildman–Crippen LogP) is 6.57. The quantitative estimate of drug-likeness (QED) is 0.157. The van der Waals surface area contributed by atoms with Crippen LogP contribution in [0, 0.1) is 6.92 Å². The normalized spacial score (nSPS) is 11.4. The van der Waals surface area contributed by atoms with Crippen molar-refractivity contribution in [2.24, 2.45) is 0 Å². The molecule has 3 rings (SSSR count). The highest BCUT2D eigenvalue weighted by molar-refractivity contribution is 7.90. The van der Waals surface area contributed by atoms with Gasteiger partial charge in [-0.25, -0.2) is 8.42 Å². The van der Waals surface area contributed by atoms with Gasteiger partial charge in [0.15, 0.2) is 9.84 Å². The van der Waals surface area contributed by atoms with E-state index in [4.69, 9.17) is 14.6 Å². The lowest BCUT2D eigenvalue weighted by molar-refractivity contribution is -0.138. The summed E-state index contributed by atoms with van der Waals surface area (Å²) in [6.07, 6.45) is 6.34. The molecule has 2 N–H and O–H groups in total. The van der Waals surface area contributed by atoms with E-state index in [1.165, 1.54) is 6.26 Å². The van der Waals surface area contributed by atoms with Gasteiger partial charge in [0.25, 0.3) is 0 Å². The van der Waals surface area contributed by atoms with Crippen molar-refractivity contribution in [3.63, 3.8) is 0 Å². The summed E-state index contributed by atoms with van der Waals surface area (Å²) in [6.45, 7) is 2.73. The molecule has 0 amide bonds. The number of hydrogen-bond donors (Lipinski definition) is 2. The highest BCUT2D eigenvalue weighted by Gasteiger charge is 2.14. The molecule has 0 aliphatic carbocycles. The van der Waals surface area contributed by atoms with E-state index in [1.807, 2.05) is 41.9 Å². The van der Waals surface area contributed by atoms with Crippen molar-refractivity contribution in [2.75, 3.05) is 19.5 Å². The fourth-order valence-corrected chi connectivity index (χ4v) is 6.07. The number of rotatable bonds is 18. The summed E-state index contributed by atoms with van der Waals surface area (Å²) >= 11 is 1.58. The number of hydrogen-bond acceptors (Lipinski definition) is 7. The van der Waals surface area contributed by atoms with Crippen LogP contribution in [0.25, 0.3) is 11.1 Å². The molecule has 0 radical (unpaired) electrons. The van der Waals surface area contributed by atoms with E-state index in [1.54, 1.807) is 23.5 Å². The van der Waals surface area contributed by atoms with Crippen LogP contribution in [-0.4, -0.2) is 50.0 Å². The number of carboxylic acids is 2. The smallest absolute Gasteiger partial charge is 0.303 e. The zero-order valence-corrected chi connectivity index (χ0v) is 25.2. The van der Waals surface area contributed by atoms with Gasteiger partial charge in [-0.2, -0.15) is 11.3 Å². The van der Waals surface area contributed by atoms with Crippen LogP contribution in [0.5, 0.6) is 11.5 Å². The third-order valence-electron chi connectivity index (χ3n) is 6.70. The van der Waals surface area contributed by atoms with E-state index in [0.717, 1.165) is 59.9 Å². The van der Waals surface area contributed by atoms with Crippen LogP contribution in [0.2, 0.25) is 0 Å². The molecule has 0 bridgehead atoms. The Morgan fingerprint density at radius 3 is 2.27 bits per heavy atom. The molecule has 0 aliphatic rings. The number of thiophene rings is 1. The van der Waals surface area contributed by atoms with E-state index in [9.17, 15) is 23.1 Å². The van der Waals surface area contributed by atoms with Gasteiger partial charge in [-0.05, 0) is 102 Å². The zero-order valence-electron chi connectivity index (χ0n) is 23.6. The van der Waals surface area contributed by atoms with Gasteiger partial charge in [-0.1, -0.05) is 25.0 Å². The maximum absolute atomic E-state index is 12.3. The Labute approximate surface area is 245 Å². The third-order valence-corrected chi connectivity index (χ3v) is 8.65. The molecule has 0 spiro atoms. The summed E-state index contributed by atoms with van der Waals surface area (Å²) < 4.78 is 36.3. The Bertz CT molecular complexity index is 1430. The first kappa shape index (κ1) is 32.1. The average molecular weight is 603 g/mol. The van der Waals surface area contributed by atoms with E-state index in [2.05, 4.69) is 0 Å². The van der Waals surface area contributed by atoms with Crippen molar-refractivity contribution in [1.82, 2.24) is 0 Å². The first-order valence-corrected chi connectivity index (χ1v) is 16.6. The van der Waals surface area contributed by atoms with E-state index < -0.39 is 21.8 Å². The molecule has 3 aromatic rings. The minimum Gasteiger partial charge on any atom is -0.494 e. The number of ether oxygens (including phenoxy) is 2. The Balaban J connectivity index is 1.52. The molecule has 8 nitrogen and oxygen atoms in total. The lowest BCUT2D eigenvalue weighted by Crippen LogP contribution is -2.07. The molecule has 0 saturated carbocycles. The molecule has 0 fully saturated rings.